The van der Waals surface area contributed by atoms with Crippen LogP contribution in [0.4, 0.5) is 0 Å². The molecular weight excluding hydrogens is 256 g/mol. The van der Waals surface area contributed by atoms with E-state index in [-0.39, 0.29) is 0 Å². The number of rotatable bonds is 7. The largest absolute Gasteiger partial charge is 0.381 e. The Hall–Kier alpha value is 0.400. The fourth-order valence-electron chi connectivity index (χ4n) is 1.93. The maximum atomic E-state index is 5.79. The molecule has 0 amide bonds. The summed E-state index contributed by atoms with van der Waals surface area (Å²) >= 11 is 3.54. The Morgan fingerprint density at radius 3 is 2.73 bits per heavy atom. The average molecular weight is 279 g/mol. The van der Waals surface area contributed by atoms with Crippen LogP contribution < -0.4 is 0 Å². The first-order valence-electron chi connectivity index (χ1n) is 6.08. The van der Waals surface area contributed by atoms with Gasteiger partial charge in [-0.25, -0.2) is 0 Å². The number of ether oxygens (including phenoxy) is 2. The molecule has 1 saturated heterocycles. The van der Waals surface area contributed by atoms with Crippen molar-refractivity contribution in [3.8, 4) is 0 Å². The number of hydrogen-bond acceptors (Lipinski definition) is 2. The van der Waals surface area contributed by atoms with Gasteiger partial charge in [-0.15, -0.1) is 0 Å². The van der Waals surface area contributed by atoms with E-state index in [1.807, 2.05) is 0 Å². The summed E-state index contributed by atoms with van der Waals surface area (Å²) in [6, 6.07) is 0. The van der Waals surface area contributed by atoms with Crippen LogP contribution in [0.2, 0.25) is 0 Å². The van der Waals surface area contributed by atoms with Crippen LogP contribution in [-0.2, 0) is 9.47 Å². The third-order valence-corrected chi connectivity index (χ3v) is 3.88. The van der Waals surface area contributed by atoms with E-state index in [0.29, 0.717) is 5.92 Å². The van der Waals surface area contributed by atoms with Crippen molar-refractivity contribution in [3.05, 3.63) is 0 Å². The van der Waals surface area contributed by atoms with Crippen molar-refractivity contribution >= 4 is 15.9 Å². The first-order chi connectivity index (χ1) is 7.36. The van der Waals surface area contributed by atoms with Crippen molar-refractivity contribution in [2.45, 2.75) is 32.6 Å². The van der Waals surface area contributed by atoms with Gasteiger partial charge in [-0.3, -0.25) is 0 Å². The van der Waals surface area contributed by atoms with Crippen LogP contribution in [0.5, 0.6) is 0 Å². The summed E-state index contributed by atoms with van der Waals surface area (Å²) in [4.78, 5) is 0. The minimum Gasteiger partial charge on any atom is -0.381 e. The van der Waals surface area contributed by atoms with Crippen LogP contribution in [0.3, 0.4) is 0 Å². The second-order valence-electron chi connectivity index (χ2n) is 4.40. The summed E-state index contributed by atoms with van der Waals surface area (Å²) in [5.41, 5.74) is 0. The molecule has 1 aliphatic rings. The summed E-state index contributed by atoms with van der Waals surface area (Å²) in [7, 11) is 0. The molecule has 0 aromatic rings. The number of hydrogen-bond donors (Lipinski definition) is 0. The predicted molar refractivity (Wildman–Crippen MR) is 66.6 cm³/mol. The summed E-state index contributed by atoms with van der Waals surface area (Å²) in [5, 5.41) is 1.06. The van der Waals surface area contributed by atoms with Gasteiger partial charge >= 0.3 is 0 Å². The zero-order valence-electron chi connectivity index (χ0n) is 9.71. The Bertz CT molecular complexity index is 142. The van der Waals surface area contributed by atoms with E-state index in [1.165, 1.54) is 25.7 Å². The first kappa shape index (κ1) is 13.5. The standard InChI is InChI=1S/C12H23BrO2/c1-2-3-12(8-13)10-15-9-11-4-6-14-7-5-11/h11-12H,2-10H2,1H3. The van der Waals surface area contributed by atoms with Gasteiger partial charge in [0.25, 0.3) is 0 Å². The van der Waals surface area contributed by atoms with Crippen LogP contribution in [0.1, 0.15) is 32.6 Å². The molecule has 0 spiro atoms. The maximum absolute atomic E-state index is 5.79. The van der Waals surface area contributed by atoms with Gasteiger partial charge in [0, 0.05) is 25.2 Å². The summed E-state index contributed by atoms with van der Waals surface area (Å²) in [6.45, 7) is 5.91. The van der Waals surface area contributed by atoms with Gasteiger partial charge < -0.3 is 9.47 Å². The molecule has 1 aliphatic heterocycles. The molecule has 0 aromatic heterocycles. The lowest BCUT2D eigenvalue weighted by Gasteiger charge is -2.22. The quantitative estimate of drug-likeness (QED) is 0.666. The molecule has 15 heavy (non-hydrogen) atoms. The lowest BCUT2D eigenvalue weighted by Crippen LogP contribution is -2.22. The highest BCUT2D eigenvalue weighted by molar-refractivity contribution is 9.09. The van der Waals surface area contributed by atoms with E-state index < -0.39 is 0 Å². The maximum Gasteiger partial charge on any atom is 0.0502 e. The van der Waals surface area contributed by atoms with Crippen LogP contribution in [0.25, 0.3) is 0 Å². The van der Waals surface area contributed by atoms with E-state index in [0.717, 1.165) is 37.7 Å². The lowest BCUT2D eigenvalue weighted by atomic mass is 10.0. The second kappa shape index (κ2) is 8.54. The van der Waals surface area contributed by atoms with Crippen molar-refractivity contribution in [2.75, 3.05) is 31.8 Å². The van der Waals surface area contributed by atoms with Gasteiger partial charge in [-0.1, -0.05) is 29.3 Å². The van der Waals surface area contributed by atoms with Gasteiger partial charge in [0.2, 0.25) is 0 Å². The highest BCUT2D eigenvalue weighted by Gasteiger charge is 2.14. The van der Waals surface area contributed by atoms with Crippen LogP contribution in [0.15, 0.2) is 0 Å². The van der Waals surface area contributed by atoms with E-state index in [1.54, 1.807) is 0 Å². The second-order valence-corrected chi connectivity index (χ2v) is 5.05. The van der Waals surface area contributed by atoms with Gasteiger partial charge in [-0.2, -0.15) is 0 Å². The van der Waals surface area contributed by atoms with E-state index in [2.05, 4.69) is 22.9 Å². The van der Waals surface area contributed by atoms with Crippen molar-refractivity contribution < 1.29 is 9.47 Å². The van der Waals surface area contributed by atoms with E-state index >= 15 is 0 Å². The minimum atomic E-state index is 0.690. The van der Waals surface area contributed by atoms with E-state index in [9.17, 15) is 0 Å². The topological polar surface area (TPSA) is 18.5 Å². The molecule has 1 atom stereocenters. The Balaban J connectivity index is 2.03. The van der Waals surface area contributed by atoms with Crippen LogP contribution in [-0.4, -0.2) is 31.8 Å². The van der Waals surface area contributed by atoms with Crippen molar-refractivity contribution in [1.29, 1.82) is 0 Å². The molecule has 3 heteroatoms. The highest BCUT2D eigenvalue weighted by atomic mass is 79.9. The average Bonchev–Trinajstić information content (AvgIpc) is 2.29. The van der Waals surface area contributed by atoms with Crippen LogP contribution in [0, 0.1) is 11.8 Å². The molecule has 1 fully saturated rings. The summed E-state index contributed by atoms with van der Waals surface area (Å²) in [6.07, 6.45) is 4.86. The van der Waals surface area contributed by atoms with Crippen molar-refractivity contribution in [2.24, 2.45) is 11.8 Å². The monoisotopic (exact) mass is 278 g/mol. The van der Waals surface area contributed by atoms with Gasteiger partial charge in [-0.05, 0) is 31.1 Å². The highest BCUT2D eigenvalue weighted by Crippen LogP contribution is 2.16. The molecule has 1 rings (SSSR count). The Labute approximate surface area is 102 Å². The Morgan fingerprint density at radius 2 is 2.13 bits per heavy atom. The first-order valence-corrected chi connectivity index (χ1v) is 7.20. The minimum absolute atomic E-state index is 0.690. The van der Waals surface area contributed by atoms with Crippen molar-refractivity contribution in [3.63, 3.8) is 0 Å². The smallest absolute Gasteiger partial charge is 0.0502 e. The van der Waals surface area contributed by atoms with Crippen molar-refractivity contribution in [1.82, 2.24) is 0 Å². The Morgan fingerprint density at radius 1 is 1.40 bits per heavy atom. The SMILES string of the molecule is CCCC(CBr)COCC1CCOCC1. The molecule has 0 aliphatic carbocycles. The van der Waals surface area contributed by atoms with Crippen LogP contribution >= 0.6 is 15.9 Å². The molecule has 2 nitrogen and oxygen atoms in total. The lowest BCUT2D eigenvalue weighted by molar-refractivity contribution is 0.0127. The molecule has 0 bridgehead atoms. The van der Waals surface area contributed by atoms with Gasteiger partial charge in [0.15, 0.2) is 0 Å². The molecule has 0 aromatic carbocycles. The molecule has 0 N–H and O–H groups in total. The fourth-order valence-corrected chi connectivity index (χ4v) is 2.44. The number of halogens is 1. The molecule has 90 valence electrons. The summed E-state index contributed by atoms with van der Waals surface area (Å²) in [5.74, 6) is 1.42. The predicted octanol–water partition coefficient (Wildman–Crippen LogP) is 3.24. The fraction of sp³-hybridized carbons (Fsp3) is 1.00. The molecule has 1 heterocycles. The molecular formula is C12H23BrO2. The third kappa shape index (κ3) is 5.88. The normalized spacial score (nSPS) is 20.4. The zero-order valence-corrected chi connectivity index (χ0v) is 11.3. The third-order valence-electron chi connectivity index (χ3n) is 2.96. The number of alkyl halides is 1. The van der Waals surface area contributed by atoms with E-state index in [4.69, 9.17) is 9.47 Å². The summed E-state index contributed by atoms with van der Waals surface area (Å²) < 4.78 is 11.1. The van der Waals surface area contributed by atoms with Gasteiger partial charge in [0.05, 0.1) is 6.61 Å². The molecule has 1 unspecified atom stereocenters. The zero-order chi connectivity index (χ0) is 10.9. The Kier molecular flexibility index (Phi) is 7.67. The van der Waals surface area contributed by atoms with Gasteiger partial charge in [0.1, 0.15) is 0 Å². The molecule has 0 radical (unpaired) electrons. The molecule has 0 saturated carbocycles.